The number of aryl methyl sites for hydroxylation is 1. The summed E-state index contributed by atoms with van der Waals surface area (Å²) in [6.07, 6.45) is 1.75. The van der Waals surface area contributed by atoms with Crippen LogP contribution < -0.4 is 10.1 Å². The minimum atomic E-state index is -3.60. The van der Waals surface area contributed by atoms with E-state index in [1.165, 1.54) is 0 Å². The molecule has 2 aromatic rings. The predicted octanol–water partition coefficient (Wildman–Crippen LogP) is 3.69. The van der Waals surface area contributed by atoms with E-state index in [4.69, 9.17) is 16.3 Å². The Morgan fingerprint density at radius 1 is 1.24 bits per heavy atom. The number of amides is 1. The highest BCUT2D eigenvalue weighted by Gasteiger charge is 2.23. The predicted molar refractivity (Wildman–Crippen MR) is 116 cm³/mol. The van der Waals surface area contributed by atoms with E-state index in [1.807, 2.05) is 32.0 Å². The Balaban J connectivity index is 2.14. The molecule has 158 valence electrons. The summed E-state index contributed by atoms with van der Waals surface area (Å²) in [6.45, 7) is 3.65. The first kappa shape index (κ1) is 23.2. The van der Waals surface area contributed by atoms with Gasteiger partial charge in [0.05, 0.1) is 26.0 Å². The van der Waals surface area contributed by atoms with Crippen LogP contribution in [0.3, 0.4) is 0 Å². The van der Waals surface area contributed by atoms with Crippen molar-refractivity contribution >= 4 is 27.5 Å². The van der Waals surface area contributed by atoms with Crippen molar-refractivity contribution in [2.24, 2.45) is 0 Å². The van der Waals surface area contributed by atoms with Crippen LogP contribution in [-0.4, -0.2) is 38.5 Å². The van der Waals surface area contributed by atoms with Crippen LogP contribution in [0.15, 0.2) is 42.5 Å². The molecule has 0 aromatic heterocycles. The fraction of sp³-hybridized carbons (Fsp3) is 0.381. The lowest BCUT2D eigenvalue weighted by Crippen LogP contribution is -2.41. The third-order valence-corrected chi connectivity index (χ3v) is 6.22. The molecule has 0 fully saturated rings. The molecule has 0 aliphatic heterocycles. The van der Waals surface area contributed by atoms with Crippen LogP contribution in [0.4, 0.5) is 0 Å². The lowest BCUT2D eigenvalue weighted by Gasteiger charge is -2.23. The van der Waals surface area contributed by atoms with Crippen LogP contribution in [0.1, 0.15) is 36.1 Å². The van der Waals surface area contributed by atoms with E-state index < -0.39 is 10.0 Å². The van der Waals surface area contributed by atoms with E-state index >= 15 is 0 Å². The second-order valence-corrected chi connectivity index (χ2v) is 9.27. The number of rotatable bonds is 9. The number of carbonyl (C=O) groups excluding carboxylic acids is 1. The highest BCUT2D eigenvalue weighted by molar-refractivity contribution is 7.88. The van der Waals surface area contributed by atoms with Gasteiger partial charge < -0.3 is 10.1 Å². The molecule has 0 saturated carbocycles. The Morgan fingerprint density at radius 3 is 2.48 bits per heavy atom. The summed E-state index contributed by atoms with van der Waals surface area (Å²) in [5.74, 6) is 0.403. The summed E-state index contributed by atoms with van der Waals surface area (Å²) >= 11 is 6.15. The zero-order valence-corrected chi connectivity index (χ0v) is 18.7. The summed E-state index contributed by atoms with van der Waals surface area (Å²) in [5, 5.41) is 3.39. The second kappa shape index (κ2) is 10.1. The van der Waals surface area contributed by atoms with Gasteiger partial charge in [0.1, 0.15) is 5.75 Å². The monoisotopic (exact) mass is 438 g/mol. The maximum Gasteiger partial charge on any atom is 0.235 e. The molecule has 2 rings (SSSR count). The molecular weight excluding hydrogens is 412 g/mol. The van der Waals surface area contributed by atoms with Gasteiger partial charge >= 0.3 is 0 Å². The van der Waals surface area contributed by atoms with Gasteiger partial charge in [0.25, 0.3) is 0 Å². The third-order valence-electron chi connectivity index (χ3n) is 4.66. The fourth-order valence-electron chi connectivity index (χ4n) is 3.05. The molecule has 1 amide bonds. The molecule has 0 spiro atoms. The van der Waals surface area contributed by atoms with Gasteiger partial charge in [-0.2, -0.15) is 4.31 Å². The summed E-state index contributed by atoms with van der Waals surface area (Å²) < 4.78 is 30.8. The molecular formula is C21H27ClN2O4S. The summed E-state index contributed by atoms with van der Waals surface area (Å²) in [5.41, 5.74) is 2.55. The van der Waals surface area contributed by atoms with Crippen LogP contribution in [0, 0.1) is 6.92 Å². The third kappa shape index (κ3) is 6.45. The van der Waals surface area contributed by atoms with Gasteiger partial charge in [0, 0.05) is 11.6 Å². The highest BCUT2D eigenvalue weighted by Crippen LogP contribution is 2.24. The van der Waals surface area contributed by atoms with Crippen LogP contribution >= 0.6 is 11.6 Å². The number of nitrogens with one attached hydrogen (secondary N) is 1. The van der Waals surface area contributed by atoms with Crippen LogP contribution in [0.25, 0.3) is 0 Å². The van der Waals surface area contributed by atoms with Crippen molar-refractivity contribution in [2.75, 3.05) is 19.9 Å². The molecule has 1 N–H and O–H groups in total. The maximum absolute atomic E-state index is 12.7. The Morgan fingerprint density at radius 2 is 1.93 bits per heavy atom. The van der Waals surface area contributed by atoms with Crippen molar-refractivity contribution < 1.29 is 17.9 Å². The van der Waals surface area contributed by atoms with Crippen LogP contribution in [-0.2, 0) is 21.4 Å². The summed E-state index contributed by atoms with van der Waals surface area (Å²) in [4.78, 5) is 12.7. The lowest BCUT2D eigenvalue weighted by atomic mass is 10.0. The Labute approximate surface area is 177 Å². The molecule has 0 heterocycles. The average molecular weight is 439 g/mol. The average Bonchev–Trinajstić information content (AvgIpc) is 2.66. The number of methoxy groups -OCH3 is 1. The first-order chi connectivity index (χ1) is 13.7. The Bertz CT molecular complexity index is 963. The summed E-state index contributed by atoms with van der Waals surface area (Å²) in [7, 11) is -1.99. The number of halogens is 1. The van der Waals surface area contributed by atoms with Gasteiger partial charge in [0.2, 0.25) is 15.9 Å². The Kier molecular flexibility index (Phi) is 8.07. The number of nitrogens with zero attached hydrogens (tertiary/aromatic N) is 1. The van der Waals surface area contributed by atoms with E-state index in [0.717, 1.165) is 27.4 Å². The highest BCUT2D eigenvalue weighted by atomic mass is 35.5. The molecule has 0 saturated heterocycles. The quantitative estimate of drug-likeness (QED) is 0.647. The molecule has 0 radical (unpaired) electrons. The van der Waals surface area contributed by atoms with Gasteiger partial charge in [-0.25, -0.2) is 8.42 Å². The SMILES string of the molecule is CC[C@@H](NC(=O)CN(Cc1ccccc1Cl)S(C)(=O)=O)c1ccc(OC)c(C)c1. The number of carbonyl (C=O) groups is 1. The minimum Gasteiger partial charge on any atom is -0.496 e. The van der Waals surface area contributed by atoms with Crippen LogP contribution in [0.5, 0.6) is 5.75 Å². The van der Waals surface area contributed by atoms with Gasteiger partial charge in [-0.3, -0.25) is 4.79 Å². The smallest absolute Gasteiger partial charge is 0.235 e. The van der Waals surface area contributed by atoms with Crippen molar-refractivity contribution in [3.8, 4) is 5.75 Å². The first-order valence-electron chi connectivity index (χ1n) is 9.28. The molecule has 1 atom stereocenters. The lowest BCUT2D eigenvalue weighted by molar-refractivity contribution is -0.122. The Hall–Kier alpha value is -2.09. The molecule has 0 unspecified atom stereocenters. The van der Waals surface area contributed by atoms with Crippen molar-refractivity contribution in [2.45, 2.75) is 32.9 Å². The fourth-order valence-corrected chi connectivity index (χ4v) is 3.97. The van der Waals surface area contributed by atoms with Gasteiger partial charge in [-0.15, -0.1) is 0 Å². The zero-order valence-electron chi connectivity index (χ0n) is 17.1. The number of ether oxygens (including phenoxy) is 1. The molecule has 0 aliphatic rings. The van der Waals surface area contributed by atoms with E-state index in [2.05, 4.69) is 5.32 Å². The van der Waals surface area contributed by atoms with E-state index in [0.29, 0.717) is 17.0 Å². The molecule has 0 bridgehead atoms. The topological polar surface area (TPSA) is 75.7 Å². The van der Waals surface area contributed by atoms with Crippen LogP contribution in [0.2, 0.25) is 5.02 Å². The second-order valence-electron chi connectivity index (χ2n) is 6.88. The molecule has 29 heavy (non-hydrogen) atoms. The van der Waals surface area contributed by atoms with Crippen molar-refractivity contribution in [3.05, 3.63) is 64.2 Å². The number of benzene rings is 2. The van der Waals surface area contributed by atoms with E-state index in [1.54, 1.807) is 31.4 Å². The molecule has 6 nitrogen and oxygen atoms in total. The normalized spacial score (nSPS) is 12.6. The summed E-state index contributed by atoms with van der Waals surface area (Å²) in [6, 6.07) is 12.5. The van der Waals surface area contributed by atoms with Gasteiger partial charge in [-0.05, 0) is 42.2 Å². The van der Waals surface area contributed by atoms with E-state index in [-0.39, 0.29) is 25.0 Å². The van der Waals surface area contributed by atoms with E-state index in [9.17, 15) is 13.2 Å². The van der Waals surface area contributed by atoms with Crippen molar-refractivity contribution in [3.63, 3.8) is 0 Å². The van der Waals surface area contributed by atoms with Gasteiger partial charge in [-0.1, -0.05) is 48.9 Å². The van der Waals surface area contributed by atoms with Gasteiger partial charge in [0.15, 0.2) is 0 Å². The molecule has 2 aromatic carbocycles. The van der Waals surface area contributed by atoms with Crippen molar-refractivity contribution in [1.82, 2.24) is 9.62 Å². The molecule has 0 aliphatic carbocycles. The molecule has 8 heteroatoms. The van der Waals surface area contributed by atoms with Crippen molar-refractivity contribution in [1.29, 1.82) is 0 Å². The number of hydrogen-bond acceptors (Lipinski definition) is 4. The number of hydrogen-bond donors (Lipinski definition) is 1. The zero-order chi connectivity index (χ0) is 21.6. The maximum atomic E-state index is 12.7. The first-order valence-corrected chi connectivity index (χ1v) is 11.5. The largest absolute Gasteiger partial charge is 0.496 e. The standard InChI is InChI=1S/C21H27ClN2O4S/c1-5-19(16-10-11-20(28-3)15(2)12-16)23-21(25)14-24(29(4,26)27)13-17-8-6-7-9-18(17)22/h6-12,19H,5,13-14H2,1-4H3,(H,23,25)/t19-/m1/s1. The minimum absolute atomic E-state index is 0.0321. The number of sulfonamides is 1.